The molecule has 13 heavy (non-hydrogen) atoms. The van der Waals surface area contributed by atoms with E-state index >= 15 is 0 Å². The van der Waals surface area contributed by atoms with Crippen molar-refractivity contribution in [1.82, 2.24) is 0 Å². The van der Waals surface area contributed by atoms with Crippen molar-refractivity contribution in [3.8, 4) is 0 Å². The molecule has 1 heterocycles. The van der Waals surface area contributed by atoms with E-state index in [-0.39, 0.29) is 5.78 Å². The number of hydrogen-bond donors (Lipinski definition) is 0. The number of ketones is 1. The minimum Gasteiger partial charge on any atom is -0.501 e. The van der Waals surface area contributed by atoms with Crippen LogP contribution in [0.3, 0.4) is 0 Å². The first-order valence-electron chi connectivity index (χ1n) is 4.76. The quantitative estimate of drug-likeness (QED) is 0.610. The van der Waals surface area contributed by atoms with Gasteiger partial charge in [-0.3, -0.25) is 4.79 Å². The Morgan fingerprint density at radius 1 is 1.69 bits per heavy atom. The Kier molecular flexibility index (Phi) is 4.54. The summed E-state index contributed by atoms with van der Waals surface area (Å²) in [6, 6.07) is 0. The van der Waals surface area contributed by atoms with E-state index in [1.165, 1.54) is 0 Å². The lowest BCUT2D eigenvalue weighted by Gasteiger charge is -2.12. The summed E-state index contributed by atoms with van der Waals surface area (Å²) in [5.41, 5.74) is 0.811. The van der Waals surface area contributed by atoms with Gasteiger partial charge in [0.15, 0.2) is 5.78 Å². The van der Waals surface area contributed by atoms with Gasteiger partial charge in [0.25, 0.3) is 0 Å². The fourth-order valence-electron chi connectivity index (χ4n) is 1.24. The molecule has 0 aromatic carbocycles. The number of rotatable bonds is 5. The molecule has 1 aliphatic heterocycles. The van der Waals surface area contributed by atoms with Crippen molar-refractivity contribution in [1.29, 1.82) is 0 Å². The highest BCUT2D eigenvalue weighted by atomic mass is 16.5. The Bertz CT molecular complexity index is 196. The lowest BCUT2D eigenvalue weighted by atomic mass is 10.0. The van der Waals surface area contributed by atoms with Crippen LogP contribution < -0.4 is 0 Å². The van der Waals surface area contributed by atoms with Gasteiger partial charge in [0.05, 0.1) is 19.5 Å². The molecule has 3 nitrogen and oxygen atoms in total. The average Bonchev–Trinajstić information content (AvgIpc) is 2.19. The number of allylic oxidation sites excluding steroid dienone is 1. The van der Waals surface area contributed by atoms with Crippen LogP contribution in [0.2, 0.25) is 0 Å². The van der Waals surface area contributed by atoms with E-state index in [4.69, 9.17) is 9.47 Å². The van der Waals surface area contributed by atoms with Gasteiger partial charge in [-0.15, -0.1) is 0 Å². The first kappa shape index (κ1) is 10.3. The van der Waals surface area contributed by atoms with Crippen LogP contribution in [0.25, 0.3) is 0 Å². The lowest BCUT2D eigenvalue weighted by molar-refractivity contribution is -0.117. The molecule has 0 bridgehead atoms. The highest BCUT2D eigenvalue weighted by Crippen LogP contribution is 2.13. The van der Waals surface area contributed by atoms with Crippen LogP contribution >= 0.6 is 0 Å². The Balaban J connectivity index is 2.25. The van der Waals surface area contributed by atoms with Crippen LogP contribution in [0.1, 0.15) is 26.2 Å². The topological polar surface area (TPSA) is 35.5 Å². The van der Waals surface area contributed by atoms with Gasteiger partial charge >= 0.3 is 0 Å². The van der Waals surface area contributed by atoms with E-state index in [1.54, 1.807) is 6.26 Å². The second-order valence-corrected chi connectivity index (χ2v) is 2.99. The maximum absolute atomic E-state index is 11.4. The maximum atomic E-state index is 11.4. The molecule has 0 N–H and O–H groups in total. The predicted octanol–water partition coefficient (Wildman–Crippen LogP) is 1.68. The summed E-state index contributed by atoms with van der Waals surface area (Å²) in [6.45, 7) is 3.85. The van der Waals surface area contributed by atoms with Crippen molar-refractivity contribution < 1.29 is 14.3 Å². The first-order chi connectivity index (χ1) is 6.34. The lowest BCUT2D eigenvalue weighted by Crippen LogP contribution is -2.11. The number of carbonyl (C=O) groups is 1. The third-order valence-corrected chi connectivity index (χ3v) is 1.97. The SMILES string of the molecule is CCOCCC(=O)C1=COCCC1. The molecule has 0 spiro atoms. The highest BCUT2D eigenvalue weighted by Gasteiger charge is 2.12. The third-order valence-electron chi connectivity index (χ3n) is 1.97. The van der Waals surface area contributed by atoms with Crippen LogP contribution in [0.15, 0.2) is 11.8 Å². The van der Waals surface area contributed by atoms with Gasteiger partial charge in [-0.2, -0.15) is 0 Å². The second-order valence-electron chi connectivity index (χ2n) is 2.99. The number of carbonyl (C=O) groups excluding carboxylic acids is 1. The molecule has 3 heteroatoms. The Hall–Kier alpha value is -0.830. The summed E-state index contributed by atoms with van der Waals surface area (Å²) in [5.74, 6) is 0.160. The molecule has 0 saturated heterocycles. The minimum atomic E-state index is 0.160. The largest absolute Gasteiger partial charge is 0.501 e. The maximum Gasteiger partial charge on any atom is 0.164 e. The minimum absolute atomic E-state index is 0.160. The Morgan fingerprint density at radius 3 is 3.15 bits per heavy atom. The third kappa shape index (κ3) is 3.59. The van der Waals surface area contributed by atoms with Gasteiger partial charge in [0.2, 0.25) is 0 Å². The predicted molar refractivity (Wildman–Crippen MR) is 49.4 cm³/mol. The molecular weight excluding hydrogens is 168 g/mol. The normalized spacial score (nSPS) is 16.2. The second kappa shape index (κ2) is 5.75. The van der Waals surface area contributed by atoms with Gasteiger partial charge < -0.3 is 9.47 Å². The number of Topliss-reactive ketones (excluding diaryl/α,β-unsaturated/α-hetero) is 1. The zero-order chi connectivity index (χ0) is 9.52. The molecule has 1 rings (SSSR count). The molecule has 0 saturated carbocycles. The van der Waals surface area contributed by atoms with Crippen LogP contribution in [0.4, 0.5) is 0 Å². The summed E-state index contributed by atoms with van der Waals surface area (Å²) >= 11 is 0. The summed E-state index contributed by atoms with van der Waals surface area (Å²) < 4.78 is 10.2. The van der Waals surface area contributed by atoms with Gasteiger partial charge in [-0.05, 0) is 19.8 Å². The van der Waals surface area contributed by atoms with Crippen molar-refractivity contribution in [2.45, 2.75) is 26.2 Å². The van der Waals surface area contributed by atoms with Crippen LogP contribution in [-0.4, -0.2) is 25.6 Å². The molecule has 74 valence electrons. The zero-order valence-electron chi connectivity index (χ0n) is 8.04. The van der Waals surface area contributed by atoms with E-state index in [1.807, 2.05) is 6.92 Å². The molecule has 0 aliphatic carbocycles. The molecule has 0 atom stereocenters. The molecule has 0 aromatic rings. The van der Waals surface area contributed by atoms with Crippen LogP contribution in [-0.2, 0) is 14.3 Å². The zero-order valence-corrected chi connectivity index (χ0v) is 8.04. The summed E-state index contributed by atoms with van der Waals surface area (Å²) in [7, 11) is 0. The standard InChI is InChI=1S/C10H16O3/c1-2-12-7-5-10(11)9-4-3-6-13-8-9/h8H,2-7H2,1H3. The van der Waals surface area contributed by atoms with Gasteiger partial charge in [-0.25, -0.2) is 0 Å². The van der Waals surface area contributed by atoms with E-state index < -0.39 is 0 Å². The first-order valence-corrected chi connectivity index (χ1v) is 4.76. The molecular formula is C10H16O3. The average molecular weight is 184 g/mol. The molecule has 0 unspecified atom stereocenters. The molecule has 0 aromatic heterocycles. The van der Waals surface area contributed by atoms with Crippen molar-refractivity contribution in [3.05, 3.63) is 11.8 Å². The highest BCUT2D eigenvalue weighted by molar-refractivity contribution is 5.95. The number of ether oxygens (including phenoxy) is 2. The van der Waals surface area contributed by atoms with E-state index in [9.17, 15) is 4.79 Å². The Morgan fingerprint density at radius 2 is 2.54 bits per heavy atom. The van der Waals surface area contributed by atoms with Crippen molar-refractivity contribution in [2.24, 2.45) is 0 Å². The summed E-state index contributed by atoms with van der Waals surface area (Å²) in [4.78, 5) is 11.4. The van der Waals surface area contributed by atoms with Crippen LogP contribution in [0.5, 0.6) is 0 Å². The summed E-state index contributed by atoms with van der Waals surface area (Å²) in [5, 5.41) is 0. The van der Waals surface area contributed by atoms with Crippen molar-refractivity contribution >= 4 is 5.78 Å². The van der Waals surface area contributed by atoms with E-state index in [0.29, 0.717) is 19.6 Å². The monoisotopic (exact) mass is 184 g/mol. The fourth-order valence-corrected chi connectivity index (χ4v) is 1.24. The Labute approximate surface area is 78.7 Å². The molecule has 0 amide bonds. The molecule has 0 radical (unpaired) electrons. The molecule has 1 aliphatic rings. The van der Waals surface area contributed by atoms with Gasteiger partial charge in [0, 0.05) is 18.6 Å². The van der Waals surface area contributed by atoms with Crippen LogP contribution in [0, 0.1) is 0 Å². The smallest absolute Gasteiger partial charge is 0.164 e. The van der Waals surface area contributed by atoms with Gasteiger partial charge in [0.1, 0.15) is 0 Å². The molecule has 0 fully saturated rings. The fraction of sp³-hybridized carbons (Fsp3) is 0.700. The summed E-state index contributed by atoms with van der Waals surface area (Å²) in [6.07, 6.45) is 3.87. The van der Waals surface area contributed by atoms with Crippen molar-refractivity contribution in [2.75, 3.05) is 19.8 Å². The van der Waals surface area contributed by atoms with Gasteiger partial charge in [-0.1, -0.05) is 0 Å². The van der Waals surface area contributed by atoms with Crippen molar-refractivity contribution in [3.63, 3.8) is 0 Å². The number of hydrogen-bond acceptors (Lipinski definition) is 3. The van der Waals surface area contributed by atoms with E-state index in [2.05, 4.69) is 0 Å². The van der Waals surface area contributed by atoms with E-state index in [0.717, 1.165) is 25.0 Å².